The fourth-order valence-corrected chi connectivity index (χ4v) is 3.10. The quantitative estimate of drug-likeness (QED) is 0.210. The van der Waals surface area contributed by atoms with Gasteiger partial charge in [0.25, 0.3) is 0 Å². The summed E-state index contributed by atoms with van der Waals surface area (Å²) in [4.78, 5) is 4.21. The average Bonchev–Trinajstić information content (AvgIpc) is 3.29. The maximum Gasteiger partial charge on any atom is 0.387 e. The van der Waals surface area contributed by atoms with Crippen LogP contribution < -0.4 is 24.8 Å². The van der Waals surface area contributed by atoms with E-state index < -0.39 is 6.61 Å². The summed E-state index contributed by atoms with van der Waals surface area (Å²) in [6.07, 6.45) is 3.34. The number of hydrogen-bond acceptors (Lipinski definition) is 5. The minimum Gasteiger partial charge on any atom is -0.454 e. The van der Waals surface area contributed by atoms with Gasteiger partial charge in [0.05, 0.1) is 0 Å². The molecule has 0 radical (unpaired) electrons. The molecule has 1 fully saturated rings. The summed E-state index contributed by atoms with van der Waals surface area (Å²) < 4.78 is 46.1. The average molecular weight is 527 g/mol. The van der Waals surface area contributed by atoms with E-state index in [4.69, 9.17) is 14.2 Å². The number of nitrogens with one attached hydrogen (secondary N) is 2. The van der Waals surface area contributed by atoms with Crippen molar-refractivity contribution in [3.8, 4) is 17.2 Å². The molecule has 0 spiro atoms. The van der Waals surface area contributed by atoms with Crippen molar-refractivity contribution in [1.82, 2.24) is 10.6 Å². The maximum absolute atomic E-state index is 12.7. The number of rotatable bonds is 10. The van der Waals surface area contributed by atoms with Crippen LogP contribution in [0, 0.1) is 5.41 Å². The molecule has 1 aromatic rings. The van der Waals surface area contributed by atoms with Crippen LogP contribution in [-0.2, 0) is 11.3 Å². The Kier molecular flexibility index (Phi) is 9.00. The third kappa shape index (κ3) is 6.73. The van der Waals surface area contributed by atoms with Crippen molar-refractivity contribution in [3.63, 3.8) is 0 Å². The zero-order chi connectivity index (χ0) is 20.0. The number of aliphatic imine (C=N–C) groups is 1. The summed E-state index contributed by atoms with van der Waals surface area (Å²) >= 11 is 0. The first kappa shape index (κ1) is 23.7. The number of ether oxygens (including phenoxy) is 4. The number of fused-ring (bicyclic) bond motifs is 1. The summed E-state index contributed by atoms with van der Waals surface area (Å²) in [5.74, 6) is 1.56. The summed E-state index contributed by atoms with van der Waals surface area (Å²) in [5.41, 5.74) is 0.792. The summed E-state index contributed by atoms with van der Waals surface area (Å²) in [7, 11) is 1.67. The molecule has 1 saturated carbocycles. The highest BCUT2D eigenvalue weighted by Gasteiger charge is 2.41. The molecular formula is C19H28F2IN3O4. The third-order valence-electron chi connectivity index (χ3n) is 5.01. The molecule has 0 bridgehead atoms. The van der Waals surface area contributed by atoms with Crippen LogP contribution in [0.5, 0.6) is 17.2 Å². The van der Waals surface area contributed by atoms with Crippen molar-refractivity contribution >= 4 is 29.9 Å². The number of alkyl halides is 2. The number of hydrogen-bond donors (Lipinski definition) is 2. The Morgan fingerprint density at radius 3 is 2.59 bits per heavy atom. The molecule has 7 nitrogen and oxygen atoms in total. The smallest absolute Gasteiger partial charge is 0.387 e. The third-order valence-corrected chi connectivity index (χ3v) is 5.01. The molecule has 10 heteroatoms. The van der Waals surface area contributed by atoms with E-state index in [-0.39, 0.29) is 48.5 Å². The Labute approximate surface area is 186 Å². The van der Waals surface area contributed by atoms with Crippen molar-refractivity contribution in [2.24, 2.45) is 10.4 Å². The normalized spacial score (nSPS) is 16.4. The molecule has 29 heavy (non-hydrogen) atoms. The van der Waals surface area contributed by atoms with Crippen molar-refractivity contribution in [3.05, 3.63) is 17.7 Å². The van der Waals surface area contributed by atoms with Gasteiger partial charge in [0.15, 0.2) is 17.5 Å². The van der Waals surface area contributed by atoms with Crippen LogP contribution in [0.25, 0.3) is 0 Å². The van der Waals surface area contributed by atoms with Gasteiger partial charge < -0.3 is 29.6 Å². The molecule has 2 aliphatic rings. The van der Waals surface area contributed by atoms with Gasteiger partial charge in [0, 0.05) is 45.0 Å². The fourth-order valence-electron chi connectivity index (χ4n) is 3.10. The lowest BCUT2D eigenvalue weighted by Crippen LogP contribution is -2.40. The van der Waals surface area contributed by atoms with Gasteiger partial charge in [-0.15, -0.1) is 24.0 Å². The lowest BCUT2D eigenvalue weighted by Gasteiger charge is -2.19. The van der Waals surface area contributed by atoms with Crippen LogP contribution in [0.1, 0.15) is 31.7 Å². The van der Waals surface area contributed by atoms with Crippen LogP contribution in [0.3, 0.4) is 0 Å². The van der Waals surface area contributed by atoms with Crippen molar-refractivity contribution in [2.45, 2.75) is 39.3 Å². The first-order chi connectivity index (χ1) is 13.5. The second kappa shape index (κ2) is 11.0. The van der Waals surface area contributed by atoms with Crippen LogP contribution in [-0.4, -0.2) is 46.2 Å². The molecule has 1 aliphatic heterocycles. The first-order valence-electron chi connectivity index (χ1n) is 9.45. The Morgan fingerprint density at radius 2 is 1.97 bits per heavy atom. The Balaban J connectivity index is 0.00000300. The Hall–Kier alpha value is -1.56. The van der Waals surface area contributed by atoms with E-state index >= 15 is 0 Å². The second-order valence-corrected chi connectivity index (χ2v) is 6.92. The van der Waals surface area contributed by atoms with E-state index in [1.54, 1.807) is 13.1 Å². The van der Waals surface area contributed by atoms with E-state index in [9.17, 15) is 8.78 Å². The summed E-state index contributed by atoms with van der Waals surface area (Å²) in [5, 5.41) is 6.46. The standard InChI is InChI=1S/C19H27F2N3O4.HI/c1-3-25-7-6-19(4-5-19)11-24-18(22-2)23-10-13-8-15-16(27-12-26-15)9-14(13)28-17(20)21;/h8-9,17H,3-7,10-12H2,1-2H3,(H2,22,23,24);1H. The van der Waals surface area contributed by atoms with Crippen LogP contribution in [0.4, 0.5) is 8.78 Å². The van der Waals surface area contributed by atoms with Crippen LogP contribution >= 0.6 is 24.0 Å². The molecule has 3 rings (SSSR count). The van der Waals surface area contributed by atoms with Gasteiger partial charge in [-0.05, 0) is 37.7 Å². The lowest BCUT2D eigenvalue weighted by atomic mass is 10.0. The minimum atomic E-state index is -2.92. The minimum absolute atomic E-state index is 0. The second-order valence-electron chi connectivity index (χ2n) is 6.92. The van der Waals surface area contributed by atoms with Gasteiger partial charge in [-0.3, -0.25) is 4.99 Å². The van der Waals surface area contributed by atoms with Gasteiger partial charge in [-0.1, -0.05) is 0 Å². The first-order valence-corrected chi connectivity index (χ1v) is 9.45. The van der Waals surface area contributed by atoms with Gasteiger partial charge in [0.1, 0.15) is 5.75 Å². The zero-order valence-corrected chi connectivity index (χ0v) is 19.0. The highest BCUT2D eigenvalue weighted by atomic mass is 127. The highest BCUT2D eigenvalue weighted by molar-refractivity contribution is 14.0. The predicted octanol–water partition coefficient (Wildman–Crippen LogP) is 3.51. The molecule has 0 aromatic heterocycles. The highest BCUT2D eigenvalue weighted by Crippen LogP contribution is 2.48. The van der Waals surface area contributed by atoms with Gasteiger partial charge >= 0.3 is 6.61 Å². The van der Waals surface area contributed by atoms with Crippen LogP contribution in [0.15, 0.2) is 17.1 Å². The van der Waals surface area contributed by atoms with Gasteiger partial charge in [0.2, 0.25) is 6.79 Å². The number of halogens is 3. The predicted molar refractivity (Wildman–Crippen MR) is 116 cm³/mol. The molecule has 2 N–H and O–H groups in total. The fraction of sp³-hybridized carbons (Fsp3) is 0.632. The molecule has 0 saturated heterocycles. The molecule has 0 amide bonds. The van der Waals surface area contributed by atoms with E-state index in [1.807, 2.05) is 6.92 Å². The van der Waals surface area contributed by atoms with Crippen LogP contribution in [0.2, 0.25) is 0 Å². The number of guanidine groups is 1. The van der Waals surface area contributed by atoms with Crippen molar-refractivity contribution < 1.29 is 27.7 Å². The maximum atomic E-state index is 12.7. The topological polar surface area (TPSA) is 73.3 Å². The lowest BCUT2D eigenvalue weighted by molar-refractivity contribution is -0.0505. The molecule has 0 unspecified atom stereocenters. The molecule has 164 valence electrons. The summed E-state index contributed by atoms with van der Waals surface area (Å²) in [6, 6.07) is 3.07. The largest absolute Gasteiger partial charge is 0.454 e. The Bertz CT molecular complexity index is 702. The number of nitrogens with zero attached hydrogens (tertiary/aromatic N) is 1. The van der Waals surface area contributed by atoms with Gasteiger partial charge in [-0.25, -0.2) is 0 Å². The van der Waals surface area contributed by atoms with E-state index in [0.29, 0.717) is 23.0 Å². The SMILES string of the molecule is CCOCCC1(CNC(=NC)NCc2cc3c(cc2OC(F)F)OCO3)CC1.I. The van der Waals surface area contributed by atoms with Gasteiger partial charge in [-0.2, -0.15) is 8.78 Å². The van der Waals surface area contributed by atoms with E-state index in [1.165, 1.54) is 18.9 Å². The van der Waals surface area contributed by atoms with E-state index in [0.717, 1.165) is 26.2 Å². The molecule has 0 atom stereocenters. The Morgan fingerprint density at radius 1 is 1.24 bits per heavy atom. The molecule has 1 aliphatic carbocycles. The zero-order valence-electron chi connectivity index (χ0n) is 16.6. The van der Waals surface area contributed by atoms with Crippen molar-refractivity contribution in [2.75, 3.05) is 33.6 Å². The summed E-state index contributed by atoms with van der Waals surface area (Å²) in [6.45, 7) is 1.67. The monoisotopic (exact) mass is 527 g/mol. The molecule has 1 aromatic carbocycles. The number of benzene rings is 1. The van der Waals surface area contributed by atoms with Crippen molar-refractivity contribution in [1.29, 1.82) is 0 Å². The van der Waals surface area contributed by atoms with E-state index in [2.05, 4.69) is 20.4 Å². The molecular weight excluding hydrogens is 499 g/mol. The molecule has 1 heterocycles.